The topological polar surface area (TPSA) is 34.1 Å². The molecule has 4 aromatic carbocycles. The van der Waals surface area contributed by atoms with Crippen molar-refractivity contribution in [1.29, 1.82) is 0 Å². The number of carbonyl (C=O) groups excluding carboxylic acids is 2. The highest BCUT2D eigenvalue weighted by Crippen LogP contribution is 2.34. The Bertz CT molecular complexity index is 1170. The number of Topliss-reactive ketones (excluding diaryl/α,β-unsaturated/α-hetero) is 2. The average Bonchev–Trinajstić information content (AvgIpc) is 2.89. The molecular formula is C30H22O2S. The molecule has 160 valence electrons. The molecule has 4 aromatic rings. The molecule has 0 saturated heterocycles. The van der Waals surface area contributed by atoms with E-state index in [0.29, 0.717) is 20.9 Å². The maximum Gasteiger partial charge on any atom is 0.199 e. The standard InChI is InChI=1S/C30H22O2S/c31-29(25-17-9-3-10-18-25)27(21-23-13-5-1-6-14-23)33-28(22-24-15-7-2-8-16-24)30(32)26-19-11-4-12-20-26/h1-22H/b27-21-,28-22-. The van der Waals surface area contributed by atoms with Gasteiger partial charge in [0.25, 0.3) is 0 Å². The van der Waals surface area contributed by atoms with Gasteiger partial charge in [-0.15, -0.1) is 0 Å². The molecule has 3 heteroatoms. The maximum atomic E-state index is 13.5. The summed E-state index contributed by atoms with van der Waals surface area (Å²) in [7, 11) is 0. The van der Waals surface area contributed by atoms with E-state index >= 15 is 0 Å². The number of allylic oxidation sites excluding steroid dienone is 2. The lowest BCUT2D eigenvalue weighted by Crippen LogP contribution is -2.05. The summed E-state index contributed by atoms with van der Waals surface area (Å²) < 4.78 is 0. The first-order chi connectivity index (χ1) is 16.2. The number of hydrogen-bond donors (Lipinski definition) is 0. The van der Waals surface area contributed by atoms with Crippen molar-refractivity contribution < 1.29 is 9.59 Å². The van der Waals surface area contributed by atoms with Crippen LogP contribution in [0.25, 0.3) is 12.2 Å². The minimum Gasteiger partial charge on any atom is -0.288 e. The van der Waals surface area contributed by atoms with Gasteiger partial charge in [-0.2, -0.15) is 0 Å². The molecule has 2 nitrogen and oxygen atoms in total. The van der Waals surface area contributed by atoms with Gasteiger partial charge in [0.2, 0.25) is 0 Å². The second-order valence-corrected chi connectivity index (χ2v) is 8.41. The van der Waals surface area contributed by atoms with E-state index < -0.39 is 0 Å². The lowest BCUT2D eigenvalue weighted by molar-refractivity contribution is 0.103. The number of ketones is 2. The van der Waals surface area contributed by atoms with Crippen molar-refractivity contribution in [3.05, 3.63) is 153 Å². The van der Waals surface area contributed by atoms with Gasteiger partial charge >= 0.3 is 0 Å². The summed E-state index contributed by atoms with van der Waals surface area (Å²) in [6, 6.07) is 37.6. The molecule has 0 aliphatic rings. The van der Waals surface area contributed by atoms with E-state index in [4.69, 9.17) is 0 Å². The second-order valence-electron chi connectivity index (χ2n) is 7.33. The predicted molar refractivity (Wildman–Crippen MR) is 138 cm³/mol. The monoisotopic (exact) mass is 446 g/mol. The molecule has 0 spiro atoms. The summed E-state index contributed by atoms with van der Waals surface area (Å²) >= 11 is 1.21. The Hall–Kier alpha value is -3.95. The zero-order valence-corrected chi connectivity index (χ0v) is 18.7. The summed E-state index contributed by atoms with van der Waals surface area (Å²) in [5.41, 5.74) is 2.96. The number of benzene rings is 4. The number of thioether (sulfide) groups is 1. The van der Waals surface area contributed by atoms with Crippen LogP contribution in [0, 0.1) is 0 Å². The van der Waals surface area contributed by atoms with Crippen LogP contribution in [0.2, 0.25) is 0 Å². The van der Waals surface area contributed by atoms with E-state index in [-0.39, 0.29) is 11.6 Å². The van der Waals surface area contributed by atoms with Gasteiger partial charge in [0, 0.05) is 11.1 Å². The van der Waals surface area contributed by atoms with Crippen molar-refractivity contribution in [2.24, 2.45) is 0 Å². The summed E-state index contributed by atoms with van der Waals surface area (Å²) in [5.74, 6) is -0.242. The molecule has 0 heterocycles. The zero-order valence-electron chi connectivity index (χ0n) is 17.9. The molecule has 0 aliphatic heterocycles. The zero-order chi connectivity index (χ0) is 22.9. The Morgan fingerprint density at radius 2 is 0.758 bits per heavy atom. The van der Waals surface area contributed by atoms with Gasteiger partial charge in [0.1, 0.15) is 0 Å². The van der Waals surface area contributed by atoms with Crippen LogP contribution in [0.3, 0.4) is 0 Å². The number of carbonyl (C=O) groups is 2. The first kappa shape index (κ1) is 22.3. The molecule has 0 saturated carbocycles. The van der Waals surface area contributed by atoms with Crippen LogP contribution in [0.4, 0.5) is 0 Å². The molecule has 0 unspecified atom stereocenters. The van der Waals surface area contributed by atoms with E-state index in [1.165, 1.54) is 11.8 Å². The Labute approximate surface area is 198 Å². The minimum absolute atomic E-state index is 0.121. The fraction of sp³-hybridized carbons (Fsp3) is 0. The van der Waals surface area contributed by atoms with Gasteiger partial charge in [0.15, 0.2) is 11.6 Å². The van der Waals surface area contributed by atoms with E-state index in [2.05, 4.69) is 0 Å². The summed E-state index contributed by atoms with van der Waals surface area (Å²) in [6.07, 6.45) is 3.69. The fourth-order valence-corrected chi connectivity index (χ4v) is 4.31. The Morgan fingerprint density at radius 1 is 0.455 bits per heavy atom. The molecule has 0 bridgehead atoms. The molecule has 0 N–H and O–H groups in total. The number of hydrogen-bond acceptors (Lipinski definition) is 3. The molecule has 0 atom stereocenters. The van der Waals surface area contributed by atoms with E-state index in [9.17, 15) is 9.59 Å². The van der Waals surface area contributed by atoms with E-state index in [1.54, 1.807) is 24.3 Å². The van der Waals surface area contributed by atoms with Crippen LogP contribution in [-0.2, 0) is 0 Å². The van der Waals surface area contributed by atoms with Gasteiger partial charge in [-0.05, 0) is 23.3 Å². The van der Waals surface area contributed by atoms with Crippen LogP contribution in [-0.4, -0.2) is 11.6 Å². The summed E-state index contributed by atoms with van der Waals surface area (Å²) in [5, 5.41) is 0. The van der Waals surface area contributed by atoms with Crippen molar-refractivity contribution in [3.63, 3.8) is 0 Å². The highest BCUT2D eigenvalue weighted by Gasteiger charge is 2.20. The van der Waals surface area contributed by atoms with Crippen molar-refractivity contribution >= 4 is 35.5 Å². The lowest BCUT2D eigenvalue weighted by atomic mass is 10.1. The highest BCUT2D eigenvalue weighted by atomic mass is 32.2. The molecule has 0 aromatic heterocycles. The third-order valence-electron chi connectivity index (χ3n) is 4.93. The second kappa shape index (κ2) is 11.1. The third-order valence-corrected chi connectivity index (χ3v) is 5.98. The summed E-state index contributed by atoms with van der Waals surface area (Å²) in [4.78, 5) is 27.9. The predicted octanol–water partition coefficient (Wildman–Crippen LogP) is 7.57. The number of rotatable bonds is 8. The van der Waals surface area contributed by atoms with Crippen molar-refractivity contribution in [2.45, 2.75) is 0 Å². The van der Waals surface area contributed by atoms with Gasteiger partial charge < -0.3 is 0 Å². The Balaban J connectivity index is 1.78. The first-order valence-electron chi connectivity index (χ1n) is 10.6. The normalized spacial score (nSPS) is 11.8. The highest BCUT2D eigenvalue weighted by molar-refractivity contribution is 8.08. The van der Waals surface area contributed by atoms with E-state index in [1.807, 2.05) is 109 Å². The van der Waals surface area contributed by atoms with Crippen molar-refractivity contribution in [2.75, 3.05) is 0 Å². The average molecular weight is 447 g/mol. The third kappa shape index (κ3) is 6.06. The SMILES string of the molecule is O=C(/C(=C/c1ccccc1)S/C(=C\c1ccccc1)C(=O)c1ccccc1)c1ccccc1. The molecular weight excluding hydrogens is 424 g/mol. The summed E-state index contributed by atoms with van der Waals surface area (Å²) in [6.45, 7) is 0. The molecule has 33 heavy (non-hydrogen) atoms. The van der Waals surface area contributed by atoms with Gasteiger partial charge in [-0.1, -0.05) is 133 Å². The quantitative estimate of drug-likeness (QED) is 0.207. The smallest absolute Gasteiger partial charge is 0.199 e. The molecule has 0 amide bonds. The molecule has 0 aliphatic carbocycles. The first-order valence-corrected chi connectivity index (χ1v) is 11.4. The van der Waals surface area contributed by atoms with Crippen molar-refractivity contribution in [1.82, 2.24) is 0 Å². The van der Waals surface area contributed by atoms with Crippen molar-refractivity contribution in [3.8, 4) is 0 Å². The largest absolute Gasteiger partial charge is 0.288 e. The molecule has 0 fully saturated rings. The van der Waals surface area contributed by atoms with Gasteiger partial charge in [0.05, 0.1) is 9.81 Å². The van der Waals surface area contributed by atoms with E-state index in [0.717, 1.165) is 11.1 Å². The van der Waals surface area contributed by atoms with Crippen LogP contribution < -0.4 is 0 Å². The van der Waals surface area contributed by atoms with Gasteiger partial charge in [-0.3, -0.25) is 9.59 Å². The Morgan fingerprint density at radius 3 is 1.09 bits per heavy atom. The molecule has 4 rings (SSSR count). The van der Waals surface area contributed by atoms with Crippen LogP contribution in [0.5, 0.6) is 0 Å². The lowest BCUT2D eigenvalue weighted by Gasteiger charge is -2.11. The van der Waals surface area contributed by atoms with Crippen LogP contribution >= 0.6 is 11.8 Å². The van der Waals surface area contributed by atoms with Crippen LogP contribution in [0.1, 0.15) is 31.8 Å². The Kier molecular flexibility index (Phi) is 7.47. The maximum absolute atomic E-state index is 13.5. The van der Waals surface area contributed by atoms with Gasteiger partial charge in [-0.25, -0.2) is 0 Å². The fourth-order valence-electron chi connectivity index (χ4n) is 3.27. The van der Waals surface area contributed by atoms with Crippen LogP contribution in [0.15, 0.2) is 131 Å². The molecule has 0 radical (unpaired) electrons. The minimum atomic E-state index is -0.121.